The van der Waals surface area contributed by atoms with Crippen molar-refractivity contribution >= 4 is 34.4 Å². The first-order chi connectivity index (χ1) is 10.7. The molecule has 0 saturated heterocycles. The van der Waals surface area contributed by atoms with Gasteiger partial charge in [0.05, 0.1) is 15.8 Å². The van der Waals surface area contributed by atoms with Gasteiger partial charge in [0.15, 0.2) is 5.78 Å². The summed E-state index contributed by atoms with van der Waals surface area (Å²) in [6.07, 6.45) is 5.29. The minimum absolute atomic E-state index is 0.0658. The summed E-state index contributed by atoms with van der Waals surface area (Å²) in [5.74, 6) is 0.788. The number of ketones is 1. The lowest BCUT2D eigenvalue weighted by atomic mass is 10.3. The number of anilines is 1. The Morgan fingerprint density at radius 2 is 2.05 bits per heavy atom. The predicted molar refractivity (Wildman–Crippen MR) is 93.3 cm³/mol. The van der Waals surface area contributed by atoms with Gasteiger partial charge in [-0.25, -0.2) is 0 Å². The maximum absolute atomic E-state index is 11.9. The zero-order valence-corrected chi connectivity index (χ0v) is 13.9. The number of hydrogen-bond donors (Lipinski definition) is 1. The van der Waals surface area contributed by atoms with E-state index >= 15 is 0 Å². The average Bonchev–Trinajstić information content (AvgIpc) is 2.96. The Bertz CT molecular complexity index is 634. The third kappa shape index (κ3) is 5.20. The third-order valence-corrected chi connectivity index (χ3v) is 4.17. The Morgan fingerprint density at radius 3 is 2.68 bits per heavy atom. The van der Waals surface area contributed by atoms with Gasteiger partial charge in [-0.05, 0) is 42.8 Å². The molecule has 1 aromatic carbocycles. The lowest BCUT2D eigenvalue weighted by Gasteiger charge is -2.06. The van der Waals surface area contributed by atoms with Crippen LogP contribution in [0.4, 0.5) is 5.69 Å². The van der Waals surface area contributed by atoms with Crippen molar-refractivity contribution in [3.8, 4) is 5.75 Å². The summed E-state index contributed by atoms with van der Waals surface area (Å²) in [6.45, 7) is 2.87. The number of rotatable bonds is 8. The number of thiophene rings is 1. The molecule has 1 N–H and O–H groups in total. The van der Waals surface area contributed by atoms with E-state index in [9.17, 15) is 4.79 Å². The summed E-state index contributed by atoms with van der Waals surface area (Å²) in [7, 11) is 0. The van der Waals surface area contributed by atoms with Gasteiger partial charge < -0.3 is 10.1 Å². The molecular formula is C17H18ClNO2S. The highest BCUT2D eigenvalue weighted by Crippen LogP contribution is 2.22. The summed E-state index contributed by atoms with van der Waals surface area (Å²) in [5, 5.41) is 3.06. The van der Waals surface area contributed by atoms with Gasteiger partial charge in [-0.1, -0.05) is 24.9 Å². The van der Waals surface area contributed by atoms with E-state index < -0.39 is 0 Å². The Balaban J connectivity index is 1.83. The largest absolute Gasteiger partial charge is 0.494 e. The fraction of sp³-hybridized carbons (Fsp3) is 0.235. The first kappa shape index (κ1) is 16.6. The highest BCUT2D eigenvalue weighted by Gasteiger charge is 2.04. The summed E-state index contributed by atoms with van der Waals surface area (Å²) in [4.78, 5) is 12.5. The van der Waals surface area contributed by atoms with Gasteiger partial charge in [0.1, 0.15) is 5.75 Å². The maximum Gasteiger partial charge on any atom is 0.197 e. The molecule has 0 unspecified atom stereocenters. The van der Waals surface area contributed by atoms with E-state index in [0.29, 0.717) is 9.21 Å². The molecule has 2 rings (SSSR count). The number of carbonyl (C=O) groups is 1. The molecule has 0 radical (unpaired) electrons. The molecule has 0 aliphatic carbocycles. The van der Waals surface area contributed by atoms with Gasteiger partial charge in [-0.2, -0.15) is 0 Å². The molecule has 5 heteroatoms. The van der Waals surface area contributed by atoms with Crippen LogP contribution in [0, 0.1) is 0 Å². The molecule has 1 heterocycles. The van der Waals surface area contributed by atoms with E-state index in [1.807, 2.05) is 24.3 Å². The zero-order valence-electron chi connectivity index (χ0n) is 12.3. The molecule has 0 saturated carbocycles. The fourth-order valence-electron chi connectivity index (χ4n) is 1.72. The number of hydrogen-bond acceptors (Lipinski definition) is 4. The van der Waals surface area contributed by atoms with Crippen LogP contribution in [-0.4, -0.2) is 12.4 Å². The number of unbranched alkanes of at least 4 members (excludes halogenated alkanes) is 1. The maximum atomic E-state index is 11.9. The van der Waals surface area contributed by atoms with Crippen LogP contribution in [0.3, 0.4) is 0 Å². The number of carbonyl (C=O) groups excluding carboxylic acids is 1. The Hall–Kier alpha value is -1.78. The molecule has 0 amide bonds. The molecule has 116 valence electrons. The van der Waals surface area contributed by atoms with Crippen molar-refractivity contribution in [2.24, 2.45) is 0 Å². The van der Waals surface area contributed by atoms with E-state index in [4.69, 9.17) is 16.3 Å². The first-order valence-electron chi connectivity index (χ1n) is 7.14. The SMILES string of the molecule is CCCCOc1ccc(N/C=C\C(=O)c2ccc(Cl)s2)cc1. The van der Waals surface area contributed by atoms with Gasteiger partial charge in [-0.3, -0.25) is 4.79 Å². The highest BCUT2D eigenvalue weighted by molar-refractivity contribution is 7.18. The molecule has 2 aromatic rings. The molecule has 3 nitrogen and oxygen atoms in total. The second-order valence-electron chi connectivity index (χ2n) is 4.67. The number of nitrogens with one attached hydrogen (secondary N) is 1. The van der Waals surface area contributed by atoms with Crippen molar-refractivity contribution in [3.63, 3.8) is 0 Å². The Labute approximate surface area is 139 Å². The molecule has 1 aromatic heterocycles. The van der Waals surface area contributed by atoms with Crippen LogP contribution in [0.5, 0.6) is 5.75 Å². The smallest absolute Gasteiger partial charge is 0.197 e. The van der Waals surface area contributed by atoms with E-state index in [0.717, 1.165) is 30.9 Å². The number of allylic oxidation sites excluding steroid dienone is 1. The molecule has 0 spiro atoms. The average molecular weight is 336 g/mol. The molecular weight excluding hydrogens is 318 g/mol. The van der Waals surface area contributed by atoms with Crippen LogP contribution in [0.1, 0.15) is 29.4 Å². The Morgan fingerprint density at radius 1 is 1.27 bits per heavy atom. The van der Waals surface area contributed by atoms with Crippen LogP contribution in [-0.2, 0) is 0 Å². The topological polar surface area (TPSA) is 38.3 Å². The van der Waals surface area contributed by atoms with Gasteiger partial charge >= 0.3 is 0 Å². The lowest BCUT2D eigenvalue weighted by molar-refractivity contribution is 0.105. The normalized spacial score (nSPS) is 10.8. The summed E-state index contributed by atoms with van der Waals surface area (Å²) >= 11 is 7.08. The number of halogens is 1. The minimum atomic E-state index is -0.0658. The predicted octanol–water partition coefficient (Wildman–Crippen LogP) is 5.39. The quantitative estimate of drug-likeness (QED) is 0.399. The van der Waals surface area contributed by atoms with Crippen LogP contribution in [0.25, 0.3) is 0 Å². The van der Waals surface area contributed by atoms with Crippen molar-refractivity contribution < 1.29 is 9.53 Å². The monoisotopic (exact) mass is 335 g/mol. The van der Waals surface area contributed by atoms with Crippen molar-refractivity contribution in [2.45, 2.75) is 19.8 Å². The summed E-state index contributed by atoms with van der Waals surface area (Å²) in [5.41, 5.74) is 0.899. The molecule has 22 heavy (non-hydrogen) atoms. The van der Waals surface area contributed by atoms with Crippen LogP contribution in [0.2, 0.25) is 4.34 Å². The third-order valence-electron chi connectivity index (χ3n) is 2.92. The van der Waals surface area contributed by atoms with Crippen LogP contribution < -0.4 is 10.1 Å². The van der Waals surface area contributed by atoms with Gasteiger partial charge in [-0.15, -0.1) is 11.3 Å². The zero-order chi connectivity index (χ0) is 15.8. The molecule has 0 fully saturated rings. The standard InChI is InChI=1S/C17H18ClNO2S/c1-2-3-12-21-14-6-4-13(5-7-14)19-11-10-15(20)16-8-9-17(18)22-16/h4-11,19H,2-3,12H2,1H3/b11-10-. The molecule has 0 aliphatic rings. The second kappa shape index (κ2) is 8.61. The van der Waals surface area contributed by atoms with Crippen LogP contribution in [0.15, 0.2) is 48.7 Å². The van der Waals surface area contributed by atoms with E-state index in [1.165, 1.54) is 17.4 Å². The molecule has 0 aliphatic heterocycles. The van der Waals surface area contributed by atoms with Gasteiger partial charge in [0.2, 0.25) is 0 Å². The van der Waals surface area contributed by atoms with E-state index in [2.05, 4.69) is 12.2 Å². The van der Waals surface area contributed by atoms with Crippen molar-refractivity contribution in [1.82, 2.24) is 0 Å². The van der Waals surface area contributed by atoms with Gasteiger partial charge in [0, 0.05) is 18.0 Å². The van der Waals surface area contributed by atoms with Crippen molar-refractivity contribution in [1.29, 1.82) is 0 Å². The van der Waals surface area contributed by atoms with E-state index in [-0.39, 0.29) is 5.78 Å². The minimum Gasteiger partial charge on any atom is -0.494 e. The molecule has 0 bridgehead atoms. The molecule has 0 atom stereocenters. The van der Waals surface area contributed by atoms with Crippen LogP contribution >= 0.6 is 22.9 Å². The van der Waals surface area contributed by atoms with E-state index in [1.54, 1.807) is 18.3 Å². The fourth-order valence-corrected chi connectivity index (χ4v) is 2.69. The number of benzene rings is 1. The summed E-state index contributed by atoms with van der Waals surface area (Å²) in [6, 6.07) is 11.1. The Kier molecular flexibility index (Phi) is 6.49. The first-order valence-corrected chi connectivity index (χ1v) is 8.34. The van der Waals surface area contributed by atoms with Gasteiger partial charge in [0.25, 0.3) is 0 Å². The second-order valence-corrected chi connectivity index (χ2v) is 6.39. The van der Waals surface area contributed by atoms with Crippen molar-refractivity contribution in [3.05, 3.63) is 57.9 Å². The summed E-state index contributed by atoms with van der Waals surface area (Å²) < 4.78 is 6.21. The highest BCUT2D eigenvalue weighted by atomic mass is 35.5. The number of ether oxygens (including phenoxy) is 1. The van der Waals surface area contributed by atoms with Crippen molar-refractivity contribution in [2.75, 3.05) is 11.9 Å². The lowest BCUT2D eigenvalue weighted by Crippen LogP contribution is -1.96.